The van der Waals surface area contributed by atoms with E-state index in [1.165, 1.54) is 12.1 Å². The van der Waals surface area contributed by atoms with Gasteiger partial charge in [0.15, 0.2) is 34.8 Å². The fraction of sp³-hybridized carbons (Fsp3) is 0.556. The van der Waals surface area contributed by atoms with Crippen molar-refractivity contribution in [2.24, 2.45) is 0 Å². The van der Waals surface area contributed by atoms with Gasteiger partial charge in [0.05, 0.1) is 14.2 Å². The molecular formula is C18H25NO8S2. The average molecular weight is 448 g/mol. The molecule has 1 heterocycles. The van der Waals surface area contributed by atoms with Crippen LogP contribution in [0.2, 0.25) is 0 Å². The second-order valence-electron chi connectivity index (χ2n) is 7.02. The van der Waals surface area contributed by atoms with Crippen molar-refractivity contribution in [1.29, 1.82) is 0 Å². The fourth-order valence-electron chi connectivity index (χ4n) is 3.59. The van der Waals surface area contributed by atoms with Gasteiger partial charge in [-0.3, -0.25) is 9.59 Å². The maximum absolute atomic E-state index is 13.3. The SMILES string of the molecule is COC(=O)[C@@H]1C(c2ccccc2)[C@@H](C(=O)OC)S(=O)(=O)C(CCN(C)C)S1(=O)=O. The number of esters is 2. The Kier molecular flexibility index (Phi) is 7.07. The van der Waals surface area contributed by atoms with Crippen LogP contribution in [0.4, 0.5) is 0 Å². The molecule has 0 aliphatic carbocycles. The lowest BCUT2D eigenvalue weighted by atomic mass is 9.91. The molecular weight excluding hydrogens is 422 g/mol. The number of benzene rings is 1. The molecule has 2 atom stereocenters. The van der Waals surface area contributed by atoms with E-state index in [1.807, 2.05) is 0 Å². The van der Waals surface area contributed by atoms with Gasteiger partial charge in [-0.15, -0.1) is 0 Å². The Balaban J connectivity index is 2.80. The van der Waals surface area contributed by atoms with Gasteiger partial charge >= 0.3 is 11.9 Å². The molecule has 0 spiro atoms. The summed E-state index contributed by atoms with van der Waals surface area (Å²) in [5, 5.41) is -3.70. The predicted octanol–water partition coefficient (Wildman–Crippen LogP) is -0.0256. The van der Waals surface area contributed by atoms with E-state index >= 15 is 0 Å². The summed E-state index contributed by atoms with van der Waals surface area (Å²) < 4.78 is 60.8. The third-order valence-corrected chi connectivity index (χ3v) is 10.9. The molecule has 1 aromatic carbocycles. The van der Waals surface area contributed by atoms with E-state index in [9.17, 15) is 26.4 Å². The largest absolute Gasteiger partial charge is 0.468 e. The van der Waals surface area contributed by atoms with Crippen LogP contribution < -0.4 is 0 Å². The van der Waals surface area contributed by atoms with Gasteiger partial charge in [0.2, 0.25) is 0 Å². The third kappa shape index (κ3) is 4.31. The van der Waals surface area contributed by atoms with Crippen molar-refractivity contribution in [3.8, 4) is 0 Å². The van der Waals surface area contributed by atoms with Gasteiger partial charge in [0.25, 0.3) is 0 Å². The highest BCUT2D eigenvalue weighted by Gasteiger charge is 2.63. The number of rotatable bonds is 6. The minimum atomic E-state index is -4.55. The normalized spacial score (nSPS) is 27.9. The topological polar surface area (TPSA) is 124 Å². The number of sulfone groups is 2. The summed E-state index contributed by atoms with van der Waals surface area (Å²) in [4.78, 5) is 26.7. The van der Waals surface area contributed by atoms with Crippen LogP contribution in [0.5, 0.6) is 0 Å². The number of hydrogen-bond acceptors (Lipinski definition) is 9. The van der Waals surface area contributed by atoms with E-state index in [4.69, 9.17) is 9.47 Å². The second kappa shape index (κ2) is 8.80. The molecule has 1 saturated heterocycles. The maximum Gasteiger partial charge on any atom is 0.324 e. The van der Waals surface area contributed by atoms with E-state index in [0.717, 1.165) is 14.2 Å². The Morgan fingerprint density at radius 2 is 1.34 bits per heavy atom. The van der Waals surface area contributed by atoms with E-state index in [2.05, 4.69) is 0 Å². The summed E-state index contributed by atoms with van der Waals surface area (Å²) in [5.74, 6) is -3.71. The third-order valence-electron chi connectivity index (χ3n) is 4.96. The van der Waals surface area contributed by atoms with Crippen molar-refractivity contribution >= 4 is 31.6 Å². The van der Waals surface area contributed by atoms with Crippen LogP contribution in [0.1, 0.15) is 17.9 Å². The lowest BCUT2D eigenvalue weighted by Crippen LogP contribution is -2.60. The number of carbonyl (C=O) groups excluding carboxylic acids is 2. The predicted molar refractivity (Wildman–Crippen MR) is 106 cm³/mol. The number of methoxy groups -OCH3 is 2. The molecule has 1 aliphatic heterocycles. The monoisotopic (exact) mass is 447 g/mol. The number of carbonyl (C=O) groups is 2. The lowest BCUT2D eigenvalue weighted by molar-refractivity contribution is -0.142. The molecule has 0 bridgehead atoms. The Morgan fingerprint density at radius 1 is 0.897 bits per heavy atom. The van der Waals surface area contributed by atoms with Crippen molar-refractivity contribution in [2.75, 3.05) is 34.9 Å². The van der Waals surface area contributed by atoms with E-state index in [1.54, 1.807) is 37.2 Å². The molecule has 162 valence electrons. The first kappa shape index (κ1) is 23.3. The van der Waals surface area contributed by atoms with Crippen LogP contribution in [0.15, 0.2) is 30.3 Å². The van der Waals surface area contributed by atoms with Gasteiger partial charge in [0, 0.05) is 5.92 Å². The highest BCUT2D eigenvalue weighted by Crippen LogP contribution is 2.43. The van der Waals surface area contributed by atoms with Gasteiger partial charge in [0.1, 0.15) is 0 Å². The second-order valence-corrected chi connectivity index (χ2v) is 11.8. The van der Waals surface area contributed by atoms with Crippen LogP contribution >= 0.6 is 0 Å². The summed E-state index contributed by atoms with van der Waals surface area (Å²) in [6.07, 6.45) is -0.292. The Labute approximate surface area is 170 Å². The highest BCUT2D eigenvalue weighted by atomic mass is 32.3. The van der Waals surface area contributed by atoms with Crippen molar-refractivity contribution in [3.05, 3.63) is 35.9 Å². The molecule has 2 rings (SSSR count). The molecule has 0 radical (unpaired) electrons. The summed E-state index contributed by atoms with van der Waals surface area (Å²) >= 11 is 0. The van der Waals surface area contributed by atoms with Gasteiger partial charge in [-0.05, 0) is 32.6 Å². The van der Waals surface area contributed by atoms with Gasteiger partial charge in [-0.2, -0.15) is 0 Å². The van der Waals surface area contributed by atoms with Gasteiger partial charge < -0.3 is 14.4 Å². The number of nitrogens with zero attached hydrogens (tertiary/aromatic N) is 1. The van der Waals surface area contributed by atoms with E-state index < -0.39 is 52.6 Å². The lowest BCUT2D eigenvalue weighted by Gasteiger charge is -2.39. The quantitative estimate of drug-likeness (QED) is 0.553. The van der Waals surface area contributed by atoms with Crippen LogP contribution in [0.25, 0.3) is 0 Å². The molecule has 11 heteroatoms. The Morgan fingerprint density at radius 3 is 1.72 bits per heavy atom. The smallest absolute Gasteiger partial charge is 0.324 e. The zero-order valence-corrected chi connectivity index (χ0v) is 18.3. The van der Waals surface area contributed by atoms with Gasteiger partial charge in [-0.25, -0.2) is 16.8 Å². The number of hydrogen-bond donors (Lipinski definition) is 0. The first-order chi connectivity index (χ1) is 13.5. The standard InChI is InChI=1S/C18H25NO8S2/c1-19(2)11-10-13-28(22,23)15(17(20)26-3)14(12-8-6-5-7-9-12)16(18(21)27-4)29(13,24)25/h5-9,13-16H,10-11H2,1-4H3/t13?,14?,15-,16-/m0/s1. The number of ether oxygens (including phenoxy) is 2. The molecule has 1 fully saturated rings. The Bertz CT molecular complexity index is 903. The average Bonchev–Trinajstić information content (AvgIpc) is 2.65. The molecule has 29 heavy (non-hydrogen) atoms. The summed E-state index contributed by atoms with van der Waals surface area (Å²) in [6.45, 7) is 0.126. The van der Waals surface area contributed by atoms with Crippen molar-refractivity contribution in [1.82, 2.24) is 4.90 Å². The van der Waals surface area contributed by atoms with Crippen molar-refractivity contribution in [2.45, 2.75) is 27.4 Å². The summed E-state index contributed by atoms with van der Waals surface area (Å²) in [6, 6.07) is 7.73. The Hall–Kier alpha value is -1.98. The van der Waals surface area contributed by atoms with Crippen LogP contribution in [-0.2, 0) is 38.7 Å². The first-order valence-corrected chi connectivity index (χ1v) is 12.0. The zero-order valence-electron chi connectivity index (χ0n) is 16.6. The van der Waals surface area contributed by atoms with Crippen LogP contribution in [-0.4, -0.2) is 83.6 Å². The van der Waals surface area contributed by atoms with Gasteiger partial charge in [-0.1, -0.05) is 30.3 Å². The maximum atomic E-state index is 13.3. The van der Waals surface area contributed by atoms with Crippen LogP contribution in [0, 0.1) is 0 Å². The molecule has 0 N–H and O–H groups in total. The van der Waals surface area contributed by atoms with Crippen LogP contribution in [0.3, 0.4) is 0 Å². The molecule has 0 amide bonds. The molecule has 1 aromatic rings. The van der Waals surface area contributed by atoms with E-state index in [-0.39, 0.29) is 18.5 Å². The molecule has 0 unspecified atom stereocenters. The fourth-order valence-corrected chi connectivity index (χ4v) is 9.60. The molecule has 0 aromatic heterocycles. The van der Waals surface area contributed by atoms with E-state index in [0.29, 0.717) is 0 Å². The minimum absolute atomic E-state index is 0.126. The van der Waals surface area contributed by atoms with Crippen molar-refractivity contribution in [3.63, 3.8) is 0 Å². The highest BCUT2D eigenvalue weighted by molar-refractivity contribution is 8.11. The minimum Gasteiger partial charge on any atom is -0.468 e. The first-order valence-electron chi connectivity index (χ1n) is 8.80. The molecule has 0 saturated carbocycles. The zero-order chi connectivity index (χ0) is 22.0. The van der Waals surface area contributed by atoms with Crippen molar-refractivity contribution < 1.29 is 35.9 Å². The summed E-state index contributed by atoms with van der Waals surface area (Å²) in [5.41, 5.74) is 0.219. The molecule has 1 aliphatic rings. The summed E-state index contributed by atoms with van der Waals surface area (Å²) in [7, 11) is -3.74. The molecule has 9 nitrogen and oxygen atoms in total.